The van der Waals surface area contributed by atoms with E-state index < -0.39 is 11.9 Å². The first-order valence-corrected chi connectivity index (χ1v) is 9.21. The Hall–Kier alpha value is -3.33. The molecule has 2 aromatic carbocycles. The Morgan fingerprint density at radius 3 is 2.17 bits per heavy atom. The van der Waals surface area contributed by atoms with Crippen molar-refractivity contribution < 1.29 is 24.5 Å². The van der Waals surface area contributed by atoms with Gasteiger partial charge in [-0.2, -0.15) is 0 Å². The molecule has 0 aliphatic heterocycles. The lowest BCUT2D eigenvalue weighted by Crippen LogP contribution is -2.09. The highest BCUT2D eigenvalue weighted by molar-refractivity contribution is 9.10. The predicted molar refractivity (Wildman–Crippen MR) is 112 cm³/mol. The smallest absolute Gasteiger partial charge is 0.414 e. The van der Waals surface area contributed by atoms with Gasteiger partial charge in [-0.1, -0.05) is 28.1 Å². The molecule has 0 fully saturated rings. The summed E-state index contributed by atoms with van der Waals surface area (Å²) in [6, 6.07) is 16.2. The fourth-order valence-corrected chi connectivity index (χ4v) is 2.65. The van der Waals surface area contributed by atoms with Crippen LogP contribution in [-0.4, -0.2) is 38.8 Å². The lowest BCUT2D eigenvalue weighted by molar-refractivity contribution is -0.159. The number of benzene rings is 2. The molecule has 0 spiro atoms. The van der Waals surface area contributed by atoms with E-state index in [0.29, 0.717) is 0 Å². The van der Waals surface area contributed by atoms with Crippen molar-refractivity contribution >= 4 is 33.8 Å². The number of nitrogens with zero attached hydrogens (tertiary/aromatic N) is 2. The SMILES string of the molecule is COc1ccc(-c2cnc(NCc3ccc(Br)cc3)n2C)cc1.O=C(O)C(=O)O. The molecule has 152 valence electrons. The van der Waals surface area contributed by atoms with Crippen LogP contribution in [0.5, 0.6) is 5.75 Å². The fourth-order valence-electron chi connectivity index (χ4n) is 2.39. The molecular weight excluding hydrogens is 442 g/mol. The third-order valence-electron chi connectivity index (χ3n) is 3.92. The molecule has 0 radical (unpaired) electrons. The van der Waals surface area contributed by atoms with Gasteiger partial charge in [-0.25, -0.2) is 14.6 Å². The van der Waals surface area contributed by atoms with Crippen LogP contribution in [0.3, 0.4) is 0 Å². The molecule has 0 saturated carbocycles. The van der Waals surface area contributed by atoms with E-state index in [0.717, 1.165) is 34.0 Å². The van der Waals surface area contributed by atoms with Crippen LogP contribution in [0.25, 0.3) is 11.3 Å². The number of aromatic nitrogens is 2. The fraction of sp³-hybridized carbons (Fsp3) is 0.150. The molecule has 0 aliphatic rings. The molecule has 8 nitrogen and oxygen atoms in total. The maximum absolute atomic E-state index is 9.10. The van der Waals surface area contributed by atoms with Gasteiger partial charge in [-0.05, 0) is 42.0 Å². The zero-order valence-corrected chi connectivity index (χ0v) is 17.4. The molecular formula is C20H20BrN3O5. The molecule has 9 heteroatoms. The lowest BCUT2D eigenvalue weighted by atomic mass is 10.1. The van der Waals surface area contributed by atoms with Gasteiger partial charge in [0.2, 0.25) is 5.95 Å². The maximum atomic E-state index is 9.10. The Kier molecular flexibility index (Phi) is 7.79. The second kappa shape index (κ2) is 10.3. The number of carboxylic acid groups (broad SMARTS) is 2. The summed E-state index contributed by atoms with van der Waals surface area (Å²) in [6.07, 6.45) is 1.88. The molecule has 3 N–H and O–H groups in total. The Balaban J connectivity index is 0.000000438. The van der Waals surface area contributed by atoms with Gasteiger partial charge < -0.3 is 24.8 Å². The molecule has 0 bridgehead atoms. The number of anilines is 1. The summed E-state index contributed by atoms with van der Waals surface area (Å²) >= 11 is 3.45. The van der Waals surface area contributed by atoms with Crippen LogP contribution in [-0.2, 0) is 23.2 Å². The Labute approximate surface area is 175 Å². The van der Waals surface area contributed by atoms with Crippen molar-refractivity contribution in [3.8, 4) is 17.0 Å². The van der Waals surface area contributed by atoms with Gasteiger partial charge in [0.05, 0.1) is 19.0 Å². The van der Waals surface area contributed by atoms with Crippen molar-refractivity contribution in [2.45, 2.75) is 6.54 Å². The molecule has 1 heterocycles. The topological polar surface area (TPSA) is 114 Å². The van der Waals surface area contributed by atoms with Crippen molar-refractivity contribution in [1.29, 1.82) is 0 Å². The number of hydrogen-bond acceptors (Lipinski definition) is 5. The number of methoxy groups -OCH3 is 1. The summed E-state index contributed by atoms with van der Waals surface area (Å²) in [7, 11) is 3.68. The van der Waals surface area contributed by atoms with E-state index in [1.807, 2.05) is 49.6 Å². The van der Waals surface area contributed by atoms with E-state index in [1.54, 1.807) is 7.11 Å². The van der Waals surface area contributed by atoms with E-state index in [4.69, 9.17) is 24.5 Å². The van der Waals surface area contributed by atoms with Crippen molar-refractivity contribution in [2.75, 3.05) is 12.4 Å². The summed E-state index contributed by atoms with van der Waals surface area (Å²) in [5.74, 6) is -1.95. The quantitative estimate of drug-likeness (QED) is 0.497. The third-order valence-corrected chi connectivity index (χ3v) is 4.45. The normalized spacial score (nSPS) is 9.90. The van der Waals surface area contributed by atoms with Gasteiger partial charge in [0.25, 0.3) is 0 Å². The number of aliphatic carboxylic acids is 2. The minimum absolute atomic E-state index is 0.736. The number of hydrogen-bond donors (Lipinski definition) is 3. The number of halogens is 1. The largest absolute Gasteiger partial charge is 0.497 e. The number of imidazole rings is 1. The zero-order valence-electron chi connectivity index (χ0n) is 15.8. The number of rotatable bonds is 5. The van der Waals surface area contributed by atoms with Crippen LogP contribution in [0.1, 0.15) is 5.56 Å². The van der Waals surface area contributed by atoms with Gasteiger partial charge in [0.15, 0.2) is 0 Å². The van der Waals surface area contributed by atoms with E-state index in [1.165, 1.54) is 5.56 Å². The monoisotopic (exact) mass is 461 g/mol. The minimum atomic E-state index is -1.82. The molecule has 0 amide bonds. The summed E-state index contributed by atoms with van der Waals surface area (Å²) in [5, 5.41) is 18.2. The highest BCUT2D eigenvalue weighted by Crippen LogP contribution is 2.24. The second-order valence-electron chi connectivity index (χ2n) is 5.84. The summed E-state index contributed by atoms with van der Waals surface area (Å²) in [5.41, 5.74) is 3.38. The van der Waals surface area contributed by atoms with Gasteiger partial charge >= 0.3 is 11.9 Å². The van der Waals surface area contributed by atoms with Crippen molar-refractivity contribution in [1.82, 2.24) is 9.55 Å². The minimum Gasteiger partial charge on any atom is -0.497 e. The van der Waals surface area contributed by atoms with Gasteiger partial charge in [0.1, 0.15) is 5.75 Å². The van der Waals surface area contributed by atoms with E-state index >= 15 is 0 Å². The summed E-state index contributed by atoms with van der Waals surface area (Å²) in [4.78, 5) is 22.7. The molecule has 0 unspecified atom stereocenters. The average Bonchev–Trinajstić information content (AvgIpc) is 3.08. The van der Waals surface area contributed by atoms with Crippen LogP contribution in [0.2, 0.25) is 0 Å². The molecule has 0 saturated heterocycles. The third kappa shape index (κ3) is 6.35. The van der Waals surface area contributed by atoms with Crippen molar-refractivity contribution in [2.24, 2.45) is 7.05 Å². The average molecular weight is 462 g/mol. The standard InChI is InChI=1S/C18H18BrN3O.C2H2O4/c1-22-17(14-5-9-16(23-2)10-6-14)12-21-18(22)20-11-13-3-7-15(19)8-4-13;3-1(4)2(5)6/h3-10,12H,11H2,1-2H3,(H,20,21);(H,3,4)(H,5,6). The number of nitrogens with one attached hydrogen (secondary N) is 1. The molecule has 0 atom stereocenters. The zero-order chi connectivity index (χ0) is 21.4. The van der Waals surface area contributed by atoms with Gasteiger partial charge in [-0.3, -0.25) is 0 Å². The summed E-state index contributed by atoms with van der Waals surface area (Å²) < 4.78 is 8.34. The lowest BCUT2D eigenvalue weighted by Gasteiger charge is -2.09. The van der Waals surface area contributed by atoms with Crippen LogP contribution in [0, 0.1) is 0 Å². The number of ether oxygens (including phenoxy) is 1. The van der Waals surface area contributed by atoms with Crippen LogP contribution in [0.4, 0.5) is 5.95 Å². The van der Waals surface area contributed by atoms with E-state index in [2.05, 4.69) is 42.9 Å². The Bertz CT molecular complexity index is 957. The van der Waals surface area contributed by atoms with Crippen LogP contribution < -0.4 is 10.1 Å². The van der Waals surface area contributed by atoms with Crippen LogP contribution >= 0.6 is 15.9 Å². The number of carbonyl (C=O) groups is 2. The predicted octanol–water partition coefficient (Wildman–Crippen LogP) is 3.63. The Morgan fingerprint density at radius 1 is 1.07 bits per heavy atom. The van der Waals surface area contributed by atoms with Crippen molar-refractivity contribution in [3.05, 3.63) is 64.8 Å². The van der Waals surface area contributed by atoms with E-state index in [-0.39, 0.29) is 0 Å². The van der Waals surface area contributed by atoms with Gasteiger partial charge in [0, 0.05) is 23.6 Å². The first-order valence-electron chi connectivity index (χ1n) is 8.42. The first-order chi connectivity index (χ1) is 13.8. The van der Waals surface area contributed by atoms with E-state index in [9.17, 15) is 0 Å². The first kappa shape index (κ1) is 22.0. The second-order valence-corrected chi connectivity index (χ2v) is 6.76. The van der Waals surface area contributed by atoms with Crippen LogP contribution in [0.15, 0.2) is 59.2 Å². The number of carboxylic acids is 2. The molecule has 0 aliphatic carbocycles. The molecule has 1 aromatic heterocycles. The maximum Gasteiger partial charge on any atom is 0.414 e. The highest BCUT2D eigenvalue weighted by atomic mass is 79.9. The van der Waals surface area contributed by atoms with Gasteiger partial charge in [-0.15, -0.1) is 0 Å². The molecule has 3 rings (SSSR count). The summed E-state index contributed by atoms with van der Waals surface area (Å²) in [6.45, 7) is 0.736. The molecule has 29 heavy (non-hydrogen) atoms. The molecule has 3 aromatic rings. The highest BCUT2D eigenvalue weighted by Gasteiger charge is 2.08. The Morgan fingerprint density at radius 2 is 1.66 bits per heavy atom. The van der Waals surface area contributed by atoms with Crippen molar-refractivity contribution in [3.63, 3.8) is 0 Å².